The van der Waals surface area contributed by atoms with Crippen LogP contribution in [0, 0.1) is 0 Å². The summed E-state index contributed by atoms with van der Waals surface area (Å²) >= 11 is 5.74. The Balaban J connectivity index is 2.97. The van der Waals surface area contributed by atoms with Crippen LogP contribution >= 0.6 is 11.6 Å². The van der Waals surface area contributed by atoms with Crippen molar-refractivity contribution in [3.8, 4) is 0 Å². The Morgan fingerprint density at radius 1 is 1.44 bits per heavy atom. The Labute approximate surface area is 109 Å². The van der Waals surface area contributed by atoms with Crippen molar-refractivity contribution in [2.45, 2.75) is 26.4 Å². The molecule has 1 aromatic rings. The lowest BCUT2D eigenvalue weighted by atomic mass is 10.2. The van der Waals surface area contributed by atoms with Crippen molar-refractivity contribution in [1.82, 2.24) is 4.98 Å². The molecule has 2 N–H and O–H groups in total. The van der Waals surface area contributed by atoms with E-state index in [-0.39, 0.29) is 16.4 Å². The van der Waals surface area contributed by atoms with E-state index >= 15 is 0 Å². The fraction of sp³-hybridized carbons (Fsp3) is 0.364. The molecule has 1 amide bonds. The third-order valence-electron chi connectivity index (χ3n) is 1.76. The highest BCUT2D eigenvalue weighted by molar-refractivity contribution is 6.33. The molecule has 6 nitrogen and oxygen atoms in total. The number of halogens is 1. The number of carboxylic acid groups (broad SMARTS) is 1. The van der Waals surface area contributed by atoms with E-state index in [1.807, 2.05) is 0 Å². The van der Waals surface area contributed by atoms with Crippen LogP contribution in [0.5, 0.6) is 0 Å². The topological polar surface area (TPSA) is 88.5 Å². The van der Waals surface area contributed by atoms with E-state index in [9.17, 15) is 9.59 Å². The molecule has 7 heteroatoms. The third kappa shape index (κ3) is 3.89. The maximum absolute atomic E-state index is 11.5. The van der Waals surface area contributed by atoms with Gasteiger partial charge in [0.2, 0.25) is 0 Å². The number of rotatable bonds is 2. The summed E-state index contributed by atoms with van der Waals surface area (Å²) in [4.78, 5) is 26.2. The molecule has 1 heterocycles. The summed E-state index contributed by atoms with van der Waals surface area (Å²) in [6.07, 6.45) is 0.450. The molecule has 0 saturated heterocycles. The van der Waals surface area contributed by atoms with Gasteiger partial charge in [0.1, 0.15) is 5.60 Å². The lowest BCUT2D eigenvalue weighted by Crippen LogP contribution is -2.28. The molecule has 1 aromatic heterocycles. The Bertz CT molecular complexity index is 482. The first-order valence-electron chi connectivity index (χ1n) is 5.08. The highest BCUT2D eigenvalue weighted by Gasteiger charge is 2.20. The summed E-state index contributed by atoms with van der Waals surface area (Å²) < 4.78 is 5.00. The summed E-state index contributed by atoms with van der Waals surface area (Å²) in [7, 11) is 0. The Kier molecular flexibility index (Phi) is 4.13. The van der Waals surface area contributed by atoms with Crippen LogP contribution in [0.1, 0.15) is 31.1 Å². The zero-order valence-corrected chi connectivity index (χ0v) is 10.9. The van der Waals surface area contributed by atoms with Gasteiger partial charge in [-0.2, -0.15) is 0 Å². The predicted molar refractivity (Wildman–Crippen MR) is 66.1 cm³/mol. The first-order valence-corrected chi connectivity index (χ1v) is 5.46. The lowest BCUT2D eigenvalue weighted by molar-refractivity contribution is 0.0636. The minimum absolute atomic E-state index is 0.0825. The molecule has 18 heavy (non-hydrogen) atoms. The monoisotopic (exact) mass is 272 g/mol. The SMILES string of the molecule is CC(C)(C)OC(=O)Nc1c(C(=O)O)ccnc1Cl. The summed E-state index contributed by atoms with van der Waals surface area (Å²) in [5.41, 5.74) is -0.927. The molecule has 0 spiro atoms. The van der Waals surface area contributed by atoms with Crippen LogP contribution in [0.25, 0.3) is 0 Å². The van der Waals surface area contributed by atoms with E-state index < -0.39 is 17.7 Å². The van der Waals surface area contributed by atoms with Crippen LogP contribution in [-0.2, 0) is 4.74 Å². The number of anilines is 1. The van der Waals surface area contributed by atoms with Gasteiger partial charge in [0.25, 0.3) is 0 Å². The number of ether oxygens (including phenoxy) is 1. The Hall–Kier alpha value is -1.82. The Morgan fingerprint density at radius 3 is 2.56 bits per heavy atom. The first-order chi connectivity index (χ1) is 8.20. The molecule has 98 valence electrons. The molecule has 0 aliphatic heterocycles. The van der Waals surface area contributed by atoms with E-state index in [1.54, 1.807) is 20.8 Å². The normalized spacial score (nSPS) is 10.9. The van der Waals surface area contributed by atoms with E-state index in [2.05, 4.69) is 10.3 Å². The van der Waals surface area contributed by atoms with E-state index in [4.69, 9.17) is 21.4 Å². The van der Waals surface area contributed by atoms with Crippen LogP contribution in [0.2, 0.25) is 5.15 Å². The molecule has 0 unspecified atom stereocenters. The first kappa shape index (κ1) is 14.2. The van der Waals surface area contributed by atoms with E-state index in [1.165, 1.54) is 12.3 Å². The number of amides is 1. The van der Waals surface area contributed by atoms with Crippen molar-refractivity contribution in [2.75, 3.05) is 5.32 Å². The molecular formula is C11H13ClN2O4. The zero-order chi connectivity index (χ0) is 13.9. The maximum atomic E-state index is 11.5. The number of pyridine rings is 1. The summed E-state index contributed by atoms with van der Waals surface area (Å²) in [6.45, 7) is 5.07. The molecule has 0 fully saturated rings. The number of aromatic nitrogens is 1. The predicted octanol–water partition coefficient (Wildman–Crippen LogP) is 2.78. The van der Waals surface area contributed by atoms with Crippen molar-refractivity contribution in [1.29, 1.82) is 0 Å². The van der Waals surface area contributed by atoms with Crippen LogP contribution in [0.4, 0.5) is 10.5 Å². The number of hydrogen-bond donors (Lipinski definition) is 2. The molecule has 0 aromatic carbocycles. The summed E-state index contributed by atoms with van der Waals surface area (Å²) in [5.74, 6) is -1.22. The second kappa shape index (κ2) is 5.22. The number of carbonyl (C=O) groups excluding carboxylic acids is 1. The van der Waals surface area contributed by atoms with Crippen LogP contribution in [-0.4, -0.2) is 27.8 Å². The summed E-state index contributed by atoms with van der Waals surface area (Å²) in [6, 6.07) is 1.24. The largest absolute Gasteiger partial charge is 0.478 e. The minimum Gasteiger partial charge on any atom is -0.478 e. The van der Waals surface area contributed by atoms with Crippen LogP contribution in [0.3, 0.4) is 0 Å². The van der Waals surface area contributed by atoms with E-state index in [0.29, 0.717) is 0 Å². The van der Waals surface area contributed by atoms with Gasteiger partial charge in [0.05, 0.1) is 11.3 Å². The number of nitrogens with one attached hydrogen (secondary N) is 1. The quantitative estimate of drug-likeness (QED) is 0.808. The van der Waals surface area contributed by atoms with Crippen LogP contribution < -0.4 is 5.32 Å². The fourth-order valence-corrected chi connectivity index (χ4v) is 1.34. The molecule has 0 aliphatic rings. The van der Waals surface area contributed by atoms with Gasteiger partial charge in [0, 0.05) is 6.20 Å². The zero-order valence-electron chi connectivity index (χ0n) is 10.2. The van der Waals surface area contributed by atoms with E-state index in [0.717, 1.165) is 0 Å². The highest BCUT2D eigenvalue weighted by atomic mass is 35.5. The second-order valence-electron chi connectivity index (χ2n) is 4.46. The molecule has 0 aliphatic carbocycles. The average Bonchev–Trinajstić information content (AvgIpc) is 2.17. The maximum Gasteiger partial charge on any atom is 0.412 e. The molecule has 0 saturated carbocycles. The van der Waals surface area contributed by atoms with Gasteiger partial charge in [-0.3, -0.25) is 5.32 Å². The van der Waals surface area contributed by atoms with Gasteiger partial charge < -0.3 is 9.84 Å². The molecule has 1 rings (SSSR count). The van der Waals surface area contributed by atoms with Crippen molar-refractivity contribution in [3.05, 3.63) is 23.0 Å². The van der Waals surface area contributed by atoms with Crippen molar-refractivity contribution >= 4 is 29.4 Å². The van der Waals surface area contributed by atoms with Gasteiger partial charge in [-0.1, -0.05) is 11.6 Å². The third-order valence-corrected chi connectivity index (χ3v) is 2.05. The molecule has 0 atom stereocenters. The smallest absolute Gasteiger partial charge is 0.412 e. The van der Waals surface area contributed by atoms with Gasteiger partial charge in [-0.25, -0.2) is 14.6 Å². The number of aromatic carboxylic acids is 1. The average molecular weight is 273 g/mol. The number of hydrogen-bond acceptors (Lipinski definition) is 4. The number of nitrogens with zero attached hydrogens (tertiary/aromatic N) is 1. The standard InChI is InChI=1S/C11H13ClN2O4/c1-11(2,3)18-10(17)14-7-6(9(15)16)4-5-13-8(7)12/h4-5H,1-3H3,(H,14,17)(H,15,16). The van der Waals surface area contributed by atoms with Crippen LogP contribution in [0.15, 0.2) is 12.3 Å². The minimum atomic E-state index is -1.22. The van der Waals surface area contributed by atoms with Gasteiger partial charge in [-0.15, -0.1) is 0 Å². The van der Waals surface area contributed by atoms with Gasteiger partial charge in [-0.05, 0) is 26.8 Å². The Morgan fingerprint density at radius 2 is 2.06 bits per heavy atom. The second-order valence-corrected chi connectivity index (χ2v) is 4.81. The number of carbonyl (C=O) groups is 2. The number of carboxylic acids is 1. The van der Waals surface area contributed by atoms with Crippen molar-refractivity contribution < 1.29 is 19.4 Å². The molecule has 0 bridgehead atoms. The fourth-order valence-electron chi connectivity index (χ4n) is 1.14. The van der Waals surface area contributed by atoms with Crippen molar-refractivity contribution in [3.63, 3.8) is 0 Å². The highest BCUT2D eigenvalue weighted by Crippen LogP contribution is 2.24. The van der Waals surface area contributed by atoms with Gasteiger partial charge >= 0.3 is 12.1 Å². The van der Waals surface area contributed by atoms with Crippen molar-refractivity contribution in [2.24, 2.45) is 0 Å². The lowest BCUT2D eigenvalue weighted by Gasteiger charge is -2.20. The van der Waals surface area contributed by atoms with Gasteiger partial charge in [0.15, 0.2) is 5.15 Å². The molecule has 0 radical (unpaired) electrons. The summed E-state index contributed by atoms with van der Waals surface area (Å²) in [5, 5.41) is 11.1. The molecular weight excluding hydrogens is 260 g/mol.